The second kappa shape index (κ2) is 12.5. The van der Waals surface area contributed by atoms with Gasteiger partial charge in [-0.3, -0.25) is 19.2 Å². The summed E-state index contributed by atoms with van der Waals surface area (Å²) in [5.74, 6) is 0.352. The Bertz CT molecular complexity index is 1730. The quantitative estimate of drug-likeness (QED) is 0.148. The summed E-state index contributed by atoms with van der Waals surface area (Å²) in [6.45, 7) is 9.36. The first kappa shape index (κ1) is 31.1. The molecule has 4 aromatic rings. The number of rotatable bonds is 7. The number of aromatic nitrogens is 1. The molecule has 0 radical (unpaired) electrons. The van der Waals surface area contributed by atoms with E-state index in [1.54, 1.807) is 26.0 Å². The summed E-state index contributed by atoms with van der Waals surface area (Å²) in [7, 11) is 0. The molecule has 8 nitrogen and oxygen atoms in total. The van der Waals surface area contributed by atoms with Gasteiger partial charge in [0.2, 0.25) is 0 Å². The lowest BCUT2D eigenvalue weighted by Gasteiger charge is -2.25. The molecule has 0 aliphatic heterocycles. The van der Waals surface area contributed by atoms with Crippen LogP contribution in [0.15, 0.2) is 28.7 Å². The van der Waals surface area contributed by atoms with Crippen molar-refractivity contribution in [2.24, 2.45) is 23.7 Å². The van der Waals surface area contributed by atoms with E-state index in [4.69, 9.17) is 18.9 Å². The number of esters is 2. The number of nitrogens with zero attached hydrogens (tertiary/aromatic N) is 1. The Morgan fingerprint density at radius 1 is 0.733 bits per heavy atom. The summed E-state index contributed by atoms with van der Waals surface area (Å²) in [6, 6.07) is 7.41. The summed E-state index contributed by atoms with van der Waals surface area (Å²) >= 11 is 1.33. The van der Waals surface area contributed by atoms with Gasteiger partial charge in [-0.2, -0.15) is 0 Å². The van der Waals surface area contributed by atoms with Crippen LogP contribution in [0.25, 0.3) is 32.0 Å². The minimum Gasteiger partial charge on any atom is -0.453 e. The number of fused-ring (bicyclic) bond motifs is 2. The number of ether oxygens (including phenoxy) is 2. The van der Waals surface area contributed by atoms with Crippen LogP contribution < -0.4 is 9.47 Å². The van der Waals surface area contributed by atoms with Crippen LogP contribution in [0.4, 0.5) is 0 Å². The van der Waals surface area contributed by atoms with Crippen LogP contribution in [0.5, 0.6) is 11.5 Å². The van der Waals surface area contributed by atoms with Crippen LogP contribution in [0, 0.1) is 44.4 Å². The van der Waals surface area contributed by atoms with Gasteiger partial charge in [0, 0.05) is 17.2 Å². The molecule has 9 heteroatoms. The van der Waals surface area contributed by atoms with E-state index in [9.17, 15) is 19.2 Å². The summed E-state index contributed by atoms with van der Waals surface area (Å²) in [4.78, 5) is 55.1. The molecule has 0 saturated heterocycles. The number of benzene rings is 2. The van der Waals surface area contributed by atoms with E-state index in [-0.39, 0.29) is 47.2 Å². The van der Waals surface area contributed by atoms with Crippen molar-refractivity contribution in [3.8, 4) is 22.3 Å². The molecule has 0 spiro atoms. The predicted molar refractivity (Wildman–Crippen MR) is 173 cm³/mol. The predicted octanol–water partition coefficient (Wildman–Crippen LogP) is 8.24. The lowest BCUT2D eigenvalue weighted by molar-refractivity contribution is -0.141. The van der Waals surface area contributed by atoms with E-state index >= 15 is 0 Å². The van der Waals surface area contributed by atoms with E-state index in [1.807, 2.05) is 13.0 Å². The maximum Gasteiger partial charge on any atom is 0.314 e. The highest BCUT2D eigenvalue weighted by molar-refractivity contribution is 7.22. The monoisotopic (exact) mass is 629 g/mol. The van der Waals surface area contributed by atoms with Crippen molar-refractivity contribution >= 4 is 56.0 Å². The van der Waals surface area contributed by atoms with Crippen LogP contribution >= 0.6 is 11.3 Å². The molecular weight excluding hydrogens is 590 g/mol. The highest BCUT2D eigenvalue weighted by Gasteiger charge is 2.32. The molecule has 0 atom stereocenters. The average Bonchev–Trinajstić information content (AvgIpc) is 3.68. The van der Waals surface area contributed by atoms with E-state index in [2.05, 4.69) is 19.9 Å². The summed E-state index contributed by atoms with van der Waals surface area (Å²) in [6.07, 6.45) is 5.15. The van der Waals surface area contributed by atoms with Crippen molar-refractivity contribution in [1.82, 2.24) is 4.98 Å². The highest BCUT2D eigenvalue weighted by atomic mass is 32.1. The van der Waals surface area contributed by atoms with Crippen LogP contribution in [0.1, 0.15) is 81.9 Å². The molecule has 2 heterocycles. The van der Waals surface area contributed by atoms with Crippen LogP contribution in [-0.4, -0.2) is 28.5 Å². The molecule has 2 aliphatic carbocycles. The van der Waals surface area contributed by atoms with Gasteiger partial charge < -0.3 is 13.9 Å². The van der Waals surface area contributed by atoms with Crippen molar-refractivity contribution in [2.45, 2.75) is 86.0 Å². The number of hydrogen-bond donors (Lipinski definition) is 0. The fourth-order valence-corrected chi connectivity index (χ4v) is 7.83. The first-order chi connectivity index (χ1) is 21.5. The van der Waals surface area contributed by atoms with Gasteiger partial charge in [-0.25, -0.2) is 4.98 Å². The average molecular weight is 630 g/mol. The highest BCUT2D eigenvalue weighted by Crippen LogP contribution is 2.44. The molecule has 2 saturated carbocycles. The number of Topliss-reactive ketones (excluding diaryl/α,β-unsaturated/α-hetero) is 2. The van der Waals surface area contributed by atoms with Gasteiger partial charge in [0.1, 0.15) is 27.4 Å². The zero-order valence-corrected chi connectivity index (χ0v) is 27.3. The number of carbonyl (C=O) groups excluding carboxylic acids is 4. The van der Waals surface area contributed by atoms with Crippen molar-refractivity contribution in [2.75, 3.05) is 0 Å². The van der Waals surface area contributed by atoms with Crippen molar-refractivity contribution in [3.05, 3.63) is 41.0 Å². The second-order valence-corrected chi connectivity index (χ2v) is 13.9. The van der Waals surface area contributed by atoms with Crippen molar-refractivity contribution < 1.29 is 33.1 Å². The topological polar surface area (TPSA) is 113 Å². The number of carbonyl (C=O) groups is 4. The molecule has 6 rings (SSSR count). The minimum atomic E-state index is -0.342. The van der Waals surface area contributed by atoms with Crippen LogP contribution in [-0.2, 0) is 19.2 Å². The fraction of sp³-hybridized carbons (Fsp3) is 0.472. The standard InChI is InChI=1S/C36H39NO7S/c1-18-16-19(2)27-17-30(42-32(27)20(18)3)34-37-31-28(43-35(40)25-10-6-23(7-11-25)21(4)38)14-15-29(33(31)45-34)44-36(41)26-12-8-24(9-13-26)22(5)39/h14-17,23-26H,6-13H2,1-5H3. The molecule has 236 valence electrons. The molecule has 2 aliphatic rings. The first-order valence-electron chi connectivity index (χ1n) is 15.9. The van der Waals surface area contributed by atoms with E-state index < -0.39 is 0 Å². The molecule has 2 aromatic carbocycles. The summed E-state index contributed by atoms with van der Waals surface area (Å²) < 4.78 is 18.9. The third-order valence-corrected chi connectivity index (χ3v) is 11.0. The Morgan fingerprint density at radius 2 is 1.24 bits per heavy atom. The van der Waals surface area contributed by atoms with Gasteiger partial charge in [-0.1, -0.05) is 6.07 Å². The molecule has 0 N–H and O–H groups in total. The zero-order valence-electron chi connectivity index (χ0n) is 26.5. The lowest BCUT2D eigenvalue weighted by Crippen LogP contribution is -2.28. The number of furan rings is 1. The largest absolute Gasteiger partial charge is 0.453 e. The Morgan fingerprint density at radius 3 is 1.80 bits per heavy atom. The molecule has 2 aromatic heterocycles. The fourth-order valence-electron chi connectivity index (χ4n) is 6.84. The van der Waals surface area contributed by atoms with Crippen molar-refractivity contribution in [3.63, 3.8) is 0 Å². The molecule has 45 heavy (non-hydrogen) atoms. The van der Waals surface area contributed by atoms with Crippen LogP contribution in [0.3, 0.4) is 0 Å². The van der Waals surface area contributed by atoms with Gasteiger partial charge in [0.05, 0.1) is 11.8 Å². The molecule has 2 fully saturated rings. The Labute approximate surface area is 266 Å². The molecule has 0 bridgehead atoms. The Hall–Kier alpha value is -3.85. The van der Waals surface area contributed by atoms with Gasteiger partial charge in [0.15, 0.2) is 22.3 Å². The van der Waals surface area contributed by atoms with E-state index in [0.717, 1.165) is 27.7 Å². The maximum atomic E-state index is 13.3. The Kier molecular flexibility index (Phi) is 8.66. The SMILES string of the molecule is CC(=O)C1CCC(C(=O)Oc2ccc(OC(=O)C3CCC(C(C)=O)CC3)c3sc(-c4cc5c(C)cc(C)c(C)c5o4)nc23)CC1. The van der Waals surface area contributed by atoms with E-state index in [0.29, 0.717) is 83.9 Å². The number of ketones is 2. The third kappa shape index (κ3) is 6.19. The normalized spacial score (nSPS) is 22.0. The smallest absolute Gasteiger partial charge is 0.314 e. The first-order valence-corrected chi connectivity index (χ1v) is 16.7. The molecule has 0 amide bonds. The van der Waals surface area contributed by atoms with E-state index in [1.165, 1.54) is 11.3 Å². The summed E-state index contributed by atoms with van der Waals surface area (Å²) in [5.41, 5.74) is 4.54. The summed E-state index contributed by atoms with van der Waals surface area (Å²) in [5, 5.41) is 1.59. The second-order valence-electron chi connectivity index (χ2n) is 12.9. The maximum absolute atomic E-state index is 13.3. The molecular formula is C36H39NO7S. The third-order valence-electron chi connectivity index (χ3n) is 9.90. The number of thiazole rings is 1. The van der Waals surface area contributed by atoms with Gasteiger partial charge in [-0.05, 0) is 121 Å². The minimum absolute atomic E-state index is 0.00760. The van der Waals surface area contributed by atoms with Crippen molar-refractivity contribution in [1.29, 1.82) is 0 Å². The number of hydrogen-bond acceptors (Lipinski definition) is 9. The van der Waals surface area contributed by atoms with Gasteiger partial charge in [0.25, 0.3) is 0 Å². The lowest BCUT2D eigenvalue weighted by atomic mass is 9.80. The Balaban J connectivity index is 1.32. The number of aryl methyl sites for hydroxylation is 3. The van der Waals surface area contributed by atoms with Gasteiger partial charge >= 0.3 is 11.9 Å². The van der Waals surface area contributed by atoms with Gasteiger partial charge in [-0.15, -0.1) is 11.3 Å². The molecule has 0 unspecified atom stereocenters. The zero-order chi connectivity index (χ0) is 32.0. The van der Waals surface area contributed by atoms with Crippen LogP contribution in [0.2, 0.25) is 0 Å².